The van der Waals surface area contributed by atoms with E-state index in [1.54, 1.807) is 25.1 Å². The van der Waals surface area contributed by atoms with E-state index in [0.717, 1.165) is 19.1 Å². The van der Waals surface area contributed by atoms with Gasteiger partial charge in [0.25, 0.3) is 5.91 Å². The number of carbonyl (C=O) groups excluding carboxylic acids is 1. The average molecular weight is 312 g/mol. The summed E-state index contributed by atoms with van der Waals surface area (Å²) in [6, 6.07) is 5.20. The molecule has 0 aliphatic carbocycles. The number of anilines is 1. The van der Waals surface area contributed by atoms with Gasteiger partial charge in [-0.3, -0.25) is 9.10 Å². The number of nitrogens with zero attached hydrogens (tertiary/aromatic N) is 1. The Labute approximate surface area is 127 Å². The lowest BCUT2D eigenvalue weighted by Gasteiger charge is -2.21. The molecule has 0 heterocycles. The third-order valence-electron chi connectivity index (χ3n) is 3.49. The molecule has 0 aromatic heterocycles. The second-order valence-corrected chi connectivity index (χ2v) is 7.36. The van der Waals surface area contributed by atoms with Gasteiger partial charge in [0.2, 0.25) is 10.0 Å². The zero-order valence-corrected chi connectivity index (χ0v) is 14.1. The normalized spacial score (nSPS) is 12.8. The van der Waals surface area contributed by atoms with Crippen molar-refractivity contribution in [1.82, 2.24) is 5.32 Å². The smallest absolute Gasteiger partial charge is 0.251 e. The molecular weight excluding hydrogens is 288 g/mol. The van der Waals surface area contributed by atoms with Crippen molar-refractivity contribution in [2.75, 3.05) is 17.6 Å². The van der Waals surface area contributed by atoms with E-state index in [4.69, 9.17) is 0 Å². The molecule has 0 aliphatic rings. The lowest BCUT2D eigenvalue weighted by Crippen LogP contribution is -2.33. The Hall–Kier alpha value is -1.56. The van der Waals surface area contributed by atoms with Crippen LogP contribution in [0.2, 0.25) is 0 Å². The third-order valence-corrected chi connectivity index (χ3v) is 4.68. The Morgan fingerprint density at radius 2 is 2.00 bits per heavy atom. The number of sulfonamides is 1. The van der Waals surface area contributed by atoms with Crippen molar-refractivity contribution < 1.29 is 13.2 Å². The Balaban J connectivity index is 3.09. The van der Waals surface area contributed by atoms with Crippen molar-refractivity contribution in [2.45, 2.75) is 39.7 Å². The SMILES string of the molecule is CCC[C@@H](C)NC(=O)c1cccc(N(C)S(C)(=O)=O)c1C. The minimum atomic E-state index is -3.35. The van der Waals surface area contributed by atoms with E-state index in [9.17, 15) is 13.2 Å². The van der Waals surface area contributed by atoms with E-state index in [0.29, 0.717) is 16.8 Å². The van der Waals surface area contributed by atoms with Gasteiger partial charge in [0, 0.05) is 18.7 Å². The van der Waals surface area contributed by atoms with Gasteiger partial charge in [-0.1, -0.05) is 19.4 Å². The van der Waals surface area contributed by atoms with Crippen LogP contribution in [-0.4, -0.2) is 33.7 Å². The predicted octanol–water partition coefficient (Wildman–Crippen LogP) is 2.31. The number of hydrogen-bond donors (Lipinski definition) is 1. The molecule has 0 radical (unpaired) electrons. The molecule has 1 aromatic carbocycles. The summed E-state index contributed by atoms with van der Waals surface area (Å²) in [5.74, 6) is -0.169. The van der Waals surface area contributed by atoms with Gasteiger partial charge in [0.05, 0.1) is 11.9 Å². The molecule has 1 aromatic rings. The molecule has 1 N–H and O–H groups in total. The second-order valence-electron chi connectivity index (χ2n) is 5.34. The van der Waals surface area contributed by atoms with Gasteiger partial charge in [0.15, 0.2) is 0 Å². The molecule has 0 fully saturated rings. The fourth-order valence-electron chi connectivity index (χ4n) is 2.20. The monoisotopic (exact) mass is 312 g/mol. The third kappa shape index (κ3) is 4.46. The molecule has 5 nitrogen and oxygen atoms in total. The standard InChI is InChI=1S/C15H24N2O3S/c1-6-8-11(2)16-15(18)13-9-7-10-14(12(13)3)17(4)21(5,19)20/h7,9-11H,6,8H2,1-5H3,(H,16,18)/t11-/m1/s1. The molecule has 0 bridgehead atoms. The van der Waals surface area contributed by atoms with Gasteiger partial charge in [-0.05, 0) is 38.0 Å². The van der Waals surface area contributed by atoms with E-state index in [1.165, 1.54) is 11.4 Å². The maximum atomic E-state index is 12.3. The maximum Gasteiger partial charge on any atom is 0.251 e. The topological polar surface area (TPSA) is 66.5 Å². The van der Waals surface area contributed by atoms with Crippen molar-refractivity contribution in [1.29, 1.82) is 0 Å². The van der Waals surface area contributed by atoms with E-state index >= 15 is 0 Å². The molecule has 0 saturated carbocycles. The lowest BCUT2D eigenvalue weighted by atomic mass is 10.1. The predicted molar refractivity (Wildman–Crippen MR) is 86.3 cm³/mol. The van der Waals surface area contributed by atoms with Gasteiger partial charge in [0.1, 0.15) is 0 Å². The number of amides is 1. The van der Waals surface area contributed by atoms with E-state index < -0.39 is 10.0 Å². The first-order chi connectivity index (χ1) is 9.68. The number of benzene rings is 1. The van der Waals surface area contributed by atoms with Crippen LogP contribution < -0.4 is 9.62 Å². The van der Waals surface area contributed by atoms with Crippen LogP contribution in [0, 0.1) is 6.92 Å². The largest absolute Gasteiger partial charge is 0.350 e. The Bertz CT molecular complexity index is 611. The summed E-state index contributed by atoms with van der Waals surface area (Å²) in [7, 11) is -1.87. The fraction of sp³-hybridized carbons (Fsp3) is 0.533. The summed E-state index contributed by atoms with van der Waals surface area (Å²) in [5, 5.41) is 2.94. The maximum absolute atomic E-state index is 12.3. The van der Waals surface area contributed by atoms with Crippen LogP contribution in [0.25, 0.3) is 0 Å². The molecule has 1 atom stereocenters. The first kappa shape index (κ1) is 17.5. The van der Waals surface area contributed by atoms with Crippen LogP contribution in [0.3, 0.4) is 0 Å². The molecule has 6 heteroatoms. The molecule has 1 amide bonds. The summed E-state index contributed by atoms with van der Waals surface area (Å²) < 4.78 is 24.5. The number of nitrogens with one attached hydrogen (secondary N) is 1. The summed E-state index contributed by atoms with van der Waals surface area (Å²) in [5.41, 5.74) is 1.69. The highest BCUT2D eigenvalue weighted by atomic mass is 32.2. The van der Waals surface area contributed by atoms with E-state index in [1.807, 2.05) is 6.92 Å². The summed E-state index contributed by atoms with van der Waals surface area (Å²) in [6.45, 7) is 5.79. The molecule has 0 aliphatic heterocycles. The highest BCUT2D eigenvalue weighted by Crippen LogP contribution is 2.24. The van der Waals surface area contributed by atoms with Crippen molar-refractivity contribution >= 4 is 21.6 Å². The van der Waals surface area contributed by atoms with Gasteiger partial charge in [-0.25, -0.2) is 8.42 Å². The Morgan fingerprint density at radius 1 is 1.38 bits per heavy atom. The van der Waals surface area contributed by atoms with Crippen LogP contribution in [0.15, 0.2) is 18.2 Å². The van der Waals surface area contributed by atoms with Crippen molar-refractivity contribution in [2.24, 2.45) is 0 Å². The minimum absolute atomic E-state index is 0.0955. The molecule has 0 unspecified atom stereocenters. The molecule has 118 valence electrons. The van der Waals surface area contributed by atoms with Crippen LogP contribution in [0.4, 0.5) is 5.69 Å². The molecule has 21 heavy (non-hydrogen) atoms. The summed E-state index contributed by atoms with van der Waals surface area (Å²) in [4.78, 5) is 12.3. The van der Waals surface area contributed by atoms with Crippen molar-refractivity contribution in [3.05, 3.63) is 29.3 Å². The van der Waals surface area contributed by atoms with Crippen molar-refractivity contribution in [3.63, 3.8) is 0 Å². The number of carbonyl (C=O) groups is 1. The quantitative estimate of drug-likeness (QED) is 0.876. The molecule has 1 rings (SSSR count). The van der Waals surface area contributed by atoms with Gasteiger partial charge < -0.3 is 5.32 Å². The number of hydrogen-bond acceptors (Lipinski definition) is 3. The molecule has 0 spiro atoms. The highest BCUT2D eigenvalue weighted by Gasteiger charge is 2.19. The zero-order valence-electron chi connectivity index (χ0n) is 13.3. The van der Waals surface area contributed by atoms with E-state index in [-0.39, 0.29) is 11.9 Å². The Kier molecular flexibility index (Phi) is 5.78. The van der Waals surface area contributed by atoms with Crippen molar-refractivity contribution in [3.8, 4) is 0 Å². The molecule has 0 saturated heterocycles. The zero-order chi connectivity index (χ0) is 16.2. The number of rotatable bonds is 6. The van der Waals surface area contributed by atoms with Crippen LogP contribution >= 0.6 is 0 Å². The van der Waals surface area contributed by atoms with E-state index in [2.05, 4.69) is 12.2 Å². The fourth-order valence-corrected chi connectivity index (χ4v) is 2.75. The van der Waals surface area contributed by atoms with Crippen LogP contribution in [-0.2, 0) is 10.0 Å². The van der Waals surface area contributed by atoms with Gasteiger partial charge in [-0.15, -0.1) is 0 Å². The first-order valence-electron chi connectivity index (χ1n) is 7.02. The van der Waals surface area contributed by atoms with Gasteiger partial charge in [-0.2, -0.15) is 0 Å². The summed E-state index contributed by atoms with van der Waals surface area (Å²) >= 11 is 0. The highest BCUT2D eigenvalue weighted by molar-refractivity contribution is 7.92. The molecular formula is C15H24N2O3S. The average Bonchev–Trinajstić information content (AvgIpc) is 2.37. The van der Waals surface area contributed by atoms with Crippen LogP contribution in [0.1, 0.15) is 42.6 Å². The van der Waals surface area contributed by atoms with Crippen LogP contribution in [0.5, 0.6) is 0 Å². The lowest BCUT2D eigenvalue weighted by molar-refractivity contribution is 0.0937. The minimum Gasteiger partial charge on any atom is -0.350 e. The van der Waals surface area contributed by atoms with Gasteiger partial charge >= 0.3 is 0 Å². The summed E-state index contributed by atoms with van der Waals surface area (Å²) in [6.07, 6.45) is 3.05. The Morgan fingerprint density at radius 3 is 2.52 bits per heavy atom. The second kappa shape index (κ2) is 6.93. The first-order valence-corrected chi connectivity index (χ1v) is 8.87.